The molecule has 0 saturated heterocycles. The van der Waals surface area contributed by atoms with Crippen molar-refractivity contribution in [2.45, 2.75) is 38.4 Å². The van der Waals surface area contributed by atoms with Crippen LogP contribution in [0.5, 0.6) is 0 Å². The molecule has 4 nitrogen and oxygen atoms in total. The molecule has 6 heteroatoms. The summed E-state index contributed by atoms with van der Waals surface area (Å²) in [5.41, 5.74) is 0. The molecular formula is C15H28IN3OS. The normalized spacial score (nSPS) is 12.6. The molecule has 0 amide bonds. The van der Waals surface area contributed by atoms with E-state index in [1.807, 2.05) is 23.9 Å². The summed E-state index contributed by atoms with van der Waals surface area (Å²) >= 11 is 1.84. The zero-order valence-corrected chi connectivity index (χ0v) is 16.4. The van der Waals surface area contributed by atoms with Crippen LogP contribution >= 0.6 is 35.7 Å². The summed E-state index contributed by atoms with van der Waals surface area (Å²) in [6, 6.07) is 3.92. The number of furan rings is 1. The van der Waals surface area contributed by atoms with E-state index < -0.39 is 0 Å². The summed E-state index contributed by atoms with van der Waals surface area (Å²) in [6.45, 7) is 7.03. The van der Waals surface area contributed by atoms with Crippen LogP contribution in [0.15, 0.2) is 27.8 Å². The van der Waals surface area contributed by atoms with Gasteiger partial charge in [0.05, 0.1) is 12.8 Å². The molecule has 2 N–H and O–H groups in total. The third kappa shape index (κ3) is 10.1. The molecule has 0 fully saturated rings. The number of nitrogens with zero attached hydrogens (tertiary/aromatic N) is 1. The average molecular weight is 425 g/mol. The van der Waals surface area contributed by atoms with Gasteiger partial charge >= 0.3 is 0 Å². The number of nitrogens with one attached hydrogen (secondary N) is 2. The van der Waals surface area contributed by atoms with Gasteiger partial charge in [-0.2, -0.15) is 11.8 Å². The molecule has 1 aromatic rings. The summed E-state index contributed by atoms with van der Waals surface area (Å²) < 4.78 is 5.33. The largest absolute Gasteiger partial charge is 0.469 e. The number of rotatable bonds is 9. The number of hydrogen-bond acceptors (Lipinski definition) is 3. The maximum Gasteiger partial charge on any atom is 0.191 e. The third-order valence-corrected chi connectivity index (χ3v) is 3.93. The minimum Gasteiger partial charge on any atom is -0.469 e. The molecule has 0 radical (unpaired) electrons. The summed E-state index contributed by atoms with van der Waals surface area (Å²) in [5.74, 6) is 1.91. The van der Waals surface area contributed by atoms with Crippen LogP contribution < -0.4 is 10.6 Å². The fourth-order valence-corrected chi connectivity index (χ4v) is 1.83. The van der Waals surface area contributed by atoms with Gasteiger partial charge in [-0.1, -0.05) is 20.3 Å². The summed E-state index contributed by atoms with van der Waals surface area (Å²) in [6.07, 6.45) is 7.06. The Labute approximate surface area is 150 Å². The highest BCUT2D eigenvalue weighted by Crippen LogP contribution is 2.04. The first-order chi connectivity index (χ1) is 9.76. The first kappa shape index (κ1) is 20.6. The Morgan fingerprint density at radius 1 is 1.38 bits per heavy atom. The zero-order valence-electron chi connectivity index (χ0n) is 13.2. The number of aliphatic imine (C=N–C) groups is 1. The van der Waals surface area contributed by atoms with Crippen LogP contribution in [0, 0.1) is 0 Å². The van der Waals surface area contributed by atoms with E-state index in [4.69, 9.17) is 4.42 Å². The molecule has 1 heterocycles. The molecule has 0 spiro atoms. The van der Waals surface area contributed by atoms with E-state index in [0.29, 0.717) is 5.25 Å². The van der Waals surface area contributed by atoms with E-state index in [2.05, 4.69) is 35.7 Å². The highest BCUT2D eigenvalue weighted by molar-refractivity contribution is 14.0. The lowest BCUT2D eigenvalue weighted by Gasteiger charge is -2.13. The first-order valence-electron chi connectivity index (χ1n) is 7.33. The number of unbranched alkanes of at least 4 members (excludes halogenated alkanes) is 1. The second-order valence-electron chi connectivity index (χ2n) is 4.77. The topological polar surface area (TPSA) is 49.6 Å². The van der Waals surface area contributed by atoms with Crippen molar-refractivity contribution < 1.29 is 4.42 Å². The van der Waals surface area contributed by atoms with Crippen molar-refractivity contribution in [2.24, 2.45) is 4.99 Å². The van der Waals surface area contributed by atoms with Crippen molar-refractivity contribution in [3.63, 3.8) is 0 Å². The van der Waals surface area contributed by atoms with Gasteiger partial charge in [0.2, 0.25) is 0 Å². The predicted molar refractivity (Wildman–Crippen MR) is 104 cm³/mol. The minimum atomic E-state index is 0. The molecule has 1 rings (SSSR count). The van der Waals surface area contributed by atoms with E-state index in [1.54, 1.807) is 6.26 Å². The van der Waals surface area contributed by atoms with E-state index in [9.17, 15) is 0 Å². The van der Waals surface area contributed by atoms with Crippen molar-refractivity contribution in [3.05, 3.63) is 24.2 Å². The van der Waals surface area contributed by atoms with Crippen LogP contribution in [-0.4, -0.2) is 37.1 Å². The van der Waals surface area contributed by atoms with Crippen LogP contribution in [0.1, 0.15) is 32.4 Å². The monoisotopic (exact) mass is 425 g/mol. The van der Waals surface area contributed by atoms with E-state index >= 15 is 0 Å². The van der Waals surface area contributed by atoms with Gasteiger partial charge in [0, 0.05) is 24.8 Å². The van der Waals surface area contributed by atoms with Crippen molar-refractivity contribution >= 4 is 41.7 Å². The highest BCUT2D eigenvalue weighted by atomic mass is 127. The van der Waals surface area contributed by atoms with Crippen LogP contribution in [0.2, 0.25) is 0 Å². The molecule has 0 aliphatic rings. The Morgan fingerprint density at radius 2 is 2.14 bits per heavy atom. The van der Waals surface area contributed by atoms with E-state index in [0.717, 1.165) is 44.2 Å². The molecule has 21 heavy (non-hydrogen) atoms. The molecule has 0 saturated carbocycles. The molecule has 0 aromatic carbocycles. The SMILES string of the molecule is CCCCNC(=NCC(C)SC)NCCc1ccco1.I. The second kappa shape index (κ2) is 13.3. The Balaban J connectivity index is 0.00000400. The quantitative estimate of drug-likeness (QED) is 0.275. The smallest absolute Gasteiger partial charge is 0.191 e. The van der Waals surface area contributed by atoms with Gasteiger partial charge in [0.25, 0.3) is 0 Å². The van der Waals surface area contributed by atoms with Gasteiger partial charge in [0.15, 0.2) is 5.96 Å². The van der Waals surface area contributed by atoms with Gasteiger partial charge < -0.3 is 15.1 Å². The Bertz CT molecular complexity index is 371. The zero-order chi connectivity index (χ0) is 14.6. The predicted octanol–water partition coefficient (Wildman–Crippen LogP) is 3.53. The lowest BCUT2D eigenvalue weighted by atomic mass is 10.3. The van der Waals surface area contributed by atoms with Gasteiger partial charge in [-0.05, 0) is 24.8 Å². The second-order valence-corrected chi connectivity index (χ2v) is 6.05. The number of hydrogen-bond donors (Lipinski definition) is 2. The molecule has 0 aliphatic carbocycles. The molecule has 1 unspecified atom stereocenters. The molecule has 122 valence electrons. The molecule has 0 bridgehead atoms. The van der Waals surface area contributed by atoms with Gasteiger partial charge in [-0.15, -0.1) is 24.0 Å². The van der Waals surface area contributed by atoms with Gasteiger partial charge in [0.1, 0.15) is 5.76 Å². The number of halogens is 1. The number of guanidine groups is 1. The third-order valence-electron chi connectivity index (χ3n) is 2.98. The van der Waals surface area contributed by atoms with Crippen LogP contribution in [0.4, 0.5) is 0 Å². The molecule has 1 aromatic heterocycles. The maximum absolute atomic E-state index is 5.33. The van der Waals surface area contributed by atoms with E-state index in [1.165, 1.54) is 6.42 Å². The molecular weight excluding hydrogens is 397 g/mol. The van der Waals surface area contributed by atoms with Crippen LogP contribution in [0.25, 0.3) is 0 Å². The minimum absolute atomic E-state index is 0. The van der Waals surface area contributed by atoms with Crippen LogP contribution in [-0.2, 0) is 6.42 Å². The fraction of sp³-hybridized carbons (Fsp3) is 0.667. The van der Waals surface area contributed by atoms with Crippen molar-refractivity contribution in [1.82, 2.24) is 10.6 Å². The van der Waals surface area contributed by atoms with Crippen LogP contribution in [0.3, 0.4) is 0 Å². The standard InChI is InChI=1S/C15H27N3OS.HI/c1-4-5-9-16-15(18-12-13(2)20-3)17-10-8-14-7-6-11-19-14;/h6-7,11,13H,4-5,8-10,12H2,1-3H3,(H2,16,17,18);1H. The average Bonchev–Trinajstić information content (AvgIpc) is 2.97. The van der Waals surface area contributed by atoms with Crippen molar-refractivity contribution in [3.8, 4) is 0 Å². The summed E-state index contributed by atoms with van der Waals surface area (Å²) in [4.78, 5) is 4.63. The molecule has 0 aliphatic heterocycles. The Morgan fingerprint density at radius 3 is 2.76 bits per heavy atom. The van der Waals surface area contributed by atoms with Crippen molar-refractivity contribution in [2.75, 3.05) is 25.9 Å². The number of thioether (sulfide) groups is 1. The Hall–Kier alpha value is -0.370. The highest BCUT2D eigenvalue weighted by Gasteiger charge is 2.02. The fourth-order valence-electron chi connectivity index (χ4n) is 1.61. The lowest BCUT2D eigenvalue weighted by Crippen LogP contribution is -2.39. The lowest BCUT2D eigenvalue weighted by molar-refractivity contribution is 0.506. The Kier molecular flexibility index (Phi) is 13.1. The first-order valence-corrected chi connectivity index (χ1v) is 8.62. The molecule has 1 atom stereocenters. The van der Waals surface area contributed by atoms with Crippen molar-refractivity contribution in [1.29, 1.82) is 0 Å². The van der Waals surface area contributed by atoms with Gasteiger partial charge in [-0.3, -0.25) is 4.99 Å². The summed E-state index contributed by atoms with van der Waals surface area (Å²) in [7, 11) is 0. The van der Waals surface area contributed by atoms with E-state index in [-0.39, 0.29) is 24.0 Å². The maximum atomic E-state index is 5.33. The van der Waals surface area contributed by atoms with Gasteiger partial charge in [-0.25, -0.2) is 0 Å². The summed E-state index contributed by atoms with van der Waals surface area (Å²) in [5, 5.41) is 7.29.